The van der Waals surface area contributed by atoms with E-state index in [1.165, 1.54) is 18.2 Å². The second-order valence-electron chi connectivity index (χ2n) is 4.14. The first-order chi connectivity index (χ1) is 9.47. The molecule has 0 aliphatic heterocycles. The van der Waals surface area contributed by atoms with Crippen LogP contribution in [0.4, 0.5) is 14.5 Å². The number of carbonyl (C=O) groups is 1. The molecule has 0 heterocycles. The van der Waals surface area contributed by atoms with Gasteiger partial charge in [-0.05, 0) is 24.3 Å². The van der Waals surface area contributed by atoms with Crippen LogP contribution in [0.15, 0.2) is 36.4 Å². The second kappa shape index (κ2) is 5.56. The highest BCUT2D eigenvalue weighted by Gasteiger charge is 2.08. The lowest BCUT2D eigenvalue weighted by atomic mass is 10.1. The molecule has 104 valence electrons. The standard InChI is InChI=1S/C14H12F2N2O2/c15-10-3-4-13(11(16)6-10)20-7-9-2-1-8(14(18)19)5-12(9)17/h1-6H,7,17H2,(H2,18,19). The van der Waals surface area contributed by atoms with Crippen molar-refractivity contribution in [2.75, 3.05) is 5.73 Å². The van der Waals surface area contributed by atoms with E-state index in [4.69, 9.17) is 16.2 Å². The van der Waals surface area contributed by atoms with E-state index in [1.807, 2.05) is 0 Å². The Labute approximate surface area is 114 Å². The van der Waals surface area contributed by atoms with Crippen molar-refractivity contribution in [2.24, 2.45) is 5.73 Å². The smallest absolute Gasteiger partial charge is 0.248 e. The van der Waals surface area contributed by atoms with Crippen molar-refractivity contribution in [1.82, 2.24) is 0 Å². The summed E-state index contributed by atoms with van der Waals surface area (Å²) in [6, 6.07) is 7.50. The zero-order chi connectivity index (χ0) is 14.7. The van der Waals surface area contributed by atoms with Crippen molar-refractivity contribution < 1.29 is 18.3 Å². The predicted molar refractivity (Wildman–Crippen MR) is 70.1 cm³/mol. The van der Waals surface area contributed by atoms with E-state index < -0.39 is 17.5 Å². The molecule has 0 aromatic heterocycles. The van der Waals surface area contributed by atoms with Crippen LogP contribution in [-0.2, 0) is 6.61 Å². The fourth-order valence-corrected chi connectivity index (χ4v) is 1.63. The molecule has 0 fully saturated rings. The first-order valence-electron chi connectivity index (χ1n) is 5.73. The van der Waals surface area contributed by atoms with Gasteiger partial charge in [-0.25, -0.2) is 8.78 Å². The molecule has 2 aromatic rings. The number of carbonyl (C=O) groups excluding carboxylic acids is 1. The second-order valence-corrected chi connectivity index (χ2v) is 4.14. The fraction of sp³-hybridized carbons (Fsp3) is 0.0714. The van der Waals surface area contributed by atoms with Crippen molar-refractivity contribution in [3.05, 3.63) is 59.2 Å². The van der Waals surface area contributed by atoms with E-state index in [2.05, 4.69) is 0 Å². The molecule has 0 aliphatic carbocycles. The van der Waals surface area contributed by atoms with Gasteiger partial charge in [0.05, 0.1) is 0 Å². The molecule has 0 spiro atoms. The number of benzene rings is 2. The van der Waals surface area contributed by atoms with Crippen LogP contribution in [0, 0.1) is 11.6 Å². The molecule has 0 atom stereocenters. The summed E-state index contributed by atoms with van der Waals surface area (Å²) < 4.78 is 31.3. The summed E-state index contributed by atoms with van der Waals surface area (Å²) in [4.78, 5) is 11.0. The number of nitrogen functional groups attached to an aromatic ring is 1. The van der Waals surface area contributed by atoms with Gasteiger partial charge < -0.3 is 16.2 Å². The minimum Gasteiger partial charge on any atom is -0.486 e. The highest BCUT2D eigenvalue weighted by Crippen LogP contribution is 2.21. The van der Waals surface area contributed by atoms with Gasteiger partial charge in [-0.15, -0.1) is 0 Å². The van der Waals surface area contributed by atoms with E-state index in [-0.39, 0.29) is 17.9 Å². The Morgan fingerprint density at radius 2 is 1.90 bits per heavy atom. The topological polar surface area (TPSA) is 78.3 Å². The molecule has 2 rings (SSSR count). The third-order valence-corrected chi connectivity index (χ3v) is 2.71. The lowest BCUT2D eigenvalue weighted by Crippen LogP contribution is -2.12. The number of nitrogens with two attached hydrogens (primary N) is 2. The maximum absolute atomic E-state index is 13.4. The number of hydrogen-bond acceptors (Lipinski definition) is 3. The molecule has 4 N–H and O–H groups in total. The van der Waals surface area contributed by atoms with Crippen LogP contribution >= 0.6 is 0 Å². The Hall–Kier alpha value is -2.63. The average molecular weight is 278 g/mol. The van der Waals surface area contributed by atoms with Crippen LogP contribution < -0.4 is 16.2 Å². The van der Waals surface area contributed by atoms with Crippen molar-refractivity contribution in [1.29, 1.82) is 0 Å². The summed E-state index contributed by atoms with van der Waals surface area (Å²) in [6.45, 7) is -0.00652. The summed E-state index contributed by atoms with van der Waals surface area (Å²) in [5.41, 5.74) is 12.0. The van der Waals surface area contributed by atoms with E-state index in [9.17, 15) is 13.6 Å². The Balaban J connectivity index is 2.13. The SMILES string of the molecule is NC(=O)c1ccc(COc2ccc(F)cc2F)c(N)c1. The minimum atomic E-state index is -0.794. The Morgan fingerprint density at radius 1 is 1.15 bits per heavy atom. The Kier molecular flexibility index (Phi) is 3.84. The number of ether oxygens (including phenoxy) is 1. The number of hydrogen-bond donors (Lipinski definition) is 2. The maximum Gasteiger partial charge on any atom is 0.248 e. The van der Waals surface area contributed by atoms with Crippen LogP contribution in [0.25, 0.3) is 0 Å². The van der Waals surface area contributed by atoms with Crippen LogP contribution in [0.5, 0.6) is 5.75 Å². The van der Waals surface area contributed by atoms with Crippen molar-refractivity contribution in [3.8, 4) is 5.75 Å². The van der Waals surface area contributed by atoms with Gasteiger partial charge in [0.2, 0.25) is 5.91 Å². The summed E-state index contributed by atoms with van der Waals surface area (Å²) >= 11 is 0. The van der Waals surface area contributed by atoms with Gasteiger partial charge in [0.25, 0.3) is 0 Å². The van der Waals surface area contributed by atoms with E-state index in [0.29, 0.717) is 11.3 Å². The molecule has 6 heteroatoms. The van der Waals surface area contributed by atoms with Crippen LogP contribution in [0.1, 0.15) is 15.9 Å². The first-order valence-corrected chi connectivity index (χ1v) is 5.73. The third kappa shape index (κ3) is 3.03. The Morgan fingerprint density at radius 3 is 2.50 bits per heavy atom. The highest BCUT2D eigenvalue weighted by molar-refractivity contribution is 5.93. The molecule has 20 heavy (non-hydrogen) atoms. The number of rotatable bonds is 4. The molecule has 2 aromatic carbocycles. The lowest BCUT2D eigenvalue weighted by Gasteiger charge is -2.10. The molecule has 0 bridgehead atoms. The van der Waals surface area contributed by atoms with Gasteiger partial charge in [0.1, 0.15) is 12.4 Å². The van der Waals surface area contributed by atoms with Gasteiger partial charge in [-0.1, -0.05) is 6.07 Å². The molecule has 0 saturated heterocycles. The molecule has 0 aliphatic rings. The van der Waals surface area contributed by atoms with E-state index >= 15 is 0 Å². The summed E-state index contributed by atoms with van der Waals surface area (Å²) in [6.07, 6.45) is 0. The number of anilines is 1. The van der Waals surface area contributed by atoms with E-state index in [1.54, 1.807) is 6.07 Å². The van der Waals surface area contributed by atoms with Gasteiger partial charge in [0.15, 0.2) is 11.6 Å². The van der Waals surface area contributed by atoms with Gasteiger partial charge in [-0.3, -0.25) is 4.79 Å². The van der Waals surface area contributed by atoms with Crippen molar-refractivity contribution in [2.45, 2.75) is 6.61 Å². The largest absolute Gasteiger partial charge is 0.486 e. The zero-order valence-electron chi connectivity index (χ0n) is 10.4. The molecular formula is C14H12F2N2O2. The van der Waals surface area contributed by atoms with E-state index in [0.717, 1.165) is 12.1 Å². The maximum atomic E-state index is 13.4. The molecule has 0 radical (unpaired) electrons. The normalized spacial score (nSPS) is 10.3. The lowest BCUT2D eigenvalue weighted by molar-refractivity contribution is 0.100. The summed E-state index contributed by atoms with van der Waals surface area (Å²) in [7, 11) is 0. The quantitative estimate of drug-likeness (QED) is 0.842. The molecule has 4 nitrogen and oxygen atoms in total. The monoisotopic (exact) mass is 278 g/mol. The highest BCUT2D eigenvalue weighted by atomic mass is 19.1. The minimum absolute atomic E-state index is 0.00652. The average Bonchev–Trinajstić information content (AvgIpc) is 2.38. The molecule has 0 unspecified atom stereocenters. The van der Waals surface area contributed by atoms with Crippen LogP contribution in [-0.4, -0.2) is 5.91 Å². The molecule has 0 saturated carbocycles. The molecular weight excluding hydrogens is 266 g/mol. The first kappa shape index (κ1) is 13.8. The third-order valence-electron chi connectivity index (χ3n) is 2.71. The van der Waals surface area contributed by atoms with Crippen molar-refractivity contribution in [3.63, 3.8) is 0 Å². The summed E-state index contributed by atoms with van der Waals surface area (Å²) in [5.74, 6) is -2.14. The van der Waals surface area contributed by atoms with Crippen LogP contribution in [0.2, 0.25) is 0 Å². The number of primary amides is 1. The van der Waals surface area contributed by atoms with Gasteiger partial charge in [-0.2, -0.15) is 0 Å². The zero-order valence-corrected chi connectivity index (χ0v) is 10.4. The van der Waals surface area contributed by atoms with Crippen molar-refractivity contribution >= 4 is 11.6 Å². The number of amides is 1. The van der Waals surface area contributed by atoms with Gasteiger partial charge >= 0.3 is 0 Å². The molecule has 1 amide bonds. The fourth-order valence-electron chi connectivity index (χ4n) is 1.63. The van der Waals surface area contributed by atoms with Gasteiger partial charge in [0, 0.05) is 22.9 Å². The van der Waals surface area contributed by atoms with Crippen LogP contribution in [0.3, 0.4) is 0 Å². The number of halogens is 2. The predicted octanol–water partition coefficient (Wildman–Crippen LogP) is 2.22. The Bertz CT molecular complexity index is 660. The summed E-state index contributed by atoms with van der Waals surface area (Å²) in [5, 5.41) is 0.